The Labute approximate surface area is 123 Å². The van der Waals surface area contributed by atoms with Crippen LogP contribution < -0.4 is 14.2 Å². The van der Waals surface area contributed by atoms with E-state index in [1.165, 1.54) is 7.11 Å². The maximum atomic E-state index is 12.5. The van der Waals surface area contributed by atoms with E-state index in [4.69, 9.17) is 14.2 Å². The van der Waals surface area contributed by atoms with E-state index in [2.05, 4.69) is 0 Å². The van der Waals surface area contributed by atoms with Crippen LogP contribution in [0.15, 0.2) is 42.5 Å². The molecule has 0 aliphatic carbocycles. The molecule has 2 aromatic rings. The van der Waals surface area contributed by atoms with Gasteiger partial charge in [-0.1, -0.05) is 30.3 Å². The predicted octanol–water partition coefficient (Wildman–Crippen LogP) is 3.41. The summed E-state index contributed by atoms with van der Waals surface area (Å²) >= 11 is 0. The molecule has 1 aliphatic rings. The van der Waals surface area contributed by atoms with E-state index >= 15 is 0 Å². The fraction of sp³-hybridized carbons (Fsp3) is 0.235. The molecule has 0 radical (unpaired) electrons. The van der Waals surface area contributed by atoms with Crippen molar-refractivity contribution in [3.63, 3.8) is 0 Å². The Bertz CT molecular complexity index is 664. The molecule has 4 nitrogen and oxygen atoms in total. The number of ether oxygens (including phenoxy) is 3. The second-order valence-electron chi connectivity index (χ2n) is 4.82. The number of Topliss-reactive ketones (excluding diaryl/α,β-unsaturated/α-hetero) is 1. The third kappa shape index (κ3) is 2.33. The molecule has 0 aromatic heterocycles. The van der Waals surface area contributed by atoms with E-state index < -0.39 is 0 Å². The Balaban J connectivity index is 2.02. The minimum atomic E-state index is -0.260. The van der Waals surface area contributed by atoms with Crippen molar-refractivity contribution in [2.45, 2.75) is 12.5 Å². The third-order valence-electron chi connectivity index (χ3n) is 3.60. The standard InChI is InChI=1S/C17H16O4/c1-19-14-9-8-13-16(17(14)20-2)12(18)10-15(21-13)11-6-4-3-5-7-11/h3-9,15H,10H2,1-2H3. The highest BCUT2D eigenvalue weighted by molar-refractivity contribution is 6.03. The Morgan fingerprint density at radius 3 is 2.48 bits per heavy atom. The monoisotopic (exact) mass is 284 g/mol. The maximum absolute atomic E-state index is 12.5. The van der Waals surface area contributed by atoms with Gasteiger partial charge in [-0.05, 0) is 17.7 Å². The first kappa shape index (κ1) is 13.5. The first-order chi connectivity index (χ1) is 10.2. The first-order valence-electron chi connectivity index (χ1n) is 6.74. The van der Waals surface area contributed by atoms with Crippen LogP contribution in [0.4, 0.5) is 0 Å². The van der Waals surface area contributed by atoms with Crippen molar-refractivity contribution < 1.29 is 19.0 Å². The lowest BCUT2D eigenvalue weighted by molar-refractivity contribution is 0.0843. The van der Waals surface area contributed by atoms with E-state index in [1.807, 2.05) is 30.3 Å². The van der Waals surface area contributed by atoms with Crippen molar-refractivity contribution in [2.24, 2.45) is 0 Å². The molecule has 0 saturated heterocycles. The highest BCUT2D eigenvalue weighted by Gasteiger charge is 2.31. The van der Waals surface area contributed by atoms with Crippen LogP contribution >= 0.6 is 0 Å². The van der Waals surface area contributed by atoms with Gasteiger partial charge in [0.25, 0.3) is 0 Å². The normalized spacial score (nSPS) is 16.9. The Kier molecular flexibility index (Phi) is 3.52. The van der Waals surface area contributed by atoms with Gasteiger partial charge in [0.2, 0.25) is 0 Å². The van der Waals surface area contributed by atoms with Gasteiger partial charge in [-0.25, -0.2) is 0 Å². The quantitative estimate of drug-likeness (QED) is 0.866. The highest BCUT2D eigenvalue weighted by Crippen LogP contribution is 2.43. The number of hydrogen-bond acceptors (Lipinski definition) is 4. The van der Waals surface area contributed by atoms with Crippen molar-refractivity contribution in [1.29, 1.82) is 0 Å². The molecule has 2 aromatic carbocycles. The minimum absolute atomic E-state index is 0.000790. The Hall–Kier alpha value is -2.49. The topological polar surface area (TPSA) is 44.8 Å². The lowest BCUT2D eigenvalue weighted by Crippen LogP contribution is -2.21. The molecule has 21 heavy (non-hydrogen) atoms. The summed E-state index contributed by atoms with van der Waals surface area (Å²) in [5.41, 5.74) is 1.45. The van der Waals surface area contributed by atoms with Gasteiger partial charge < -0.3 is 14.2 Å². The zero-order valence-electron chi connectivity index (χ0n) is 12.0. The van der Waals surface area contributed by atoms with E-state index in [1.54, 1.807) is 19.2 Å². The van der Waals surface area contributed by atoms with Gasteiger partial charge in [-0.2, -0.15) is 0 Å². The van der Waals surface area contributed by atoms with Crippen molar-refractivity contribution in [3.05, 3.63) is 53.6 Å². The largest absolute Gasteiger partial charge is 0.493 e. The average Bonchev–Trinajstić information content (AvgIpc) is 2.54. The van der Waals surface area contributed by atoms with Crippen LogP contribution in [0.3, 0.4) is 0 Å². The molecule has 1 atom stereocenters. The van der Waals surface area contributed by atoms with Crippen LogP contribution in [0.1, 0.15) is 28.4 Å². The number of rotatable bonds is 3. The van der Waals surface area contributed by atoms with Crippen molar-refractivity contribution in [2.75, 3.05) is 14.2 Å². The van der Waals surface area contributed by atoms with E-state index in [9.17, 15) is 4.79 Å². The molecule has 0 bridgehead atoms. The molecule has 1 heterocycles. The van der Waals surface area contributed by atoms with Crippen molar-refractivity contribution in [3.8, 4) is 17.2 Å². The summed E-state index contributed by atoms with van der Waals surface area (Å²) in [6.45, 7) is 0. The molecule has 0 saturated carbocycles. The van der Waals surface area contributed by atoms with Crippen LogP contribution in [0.25, 0.3) is 0 Å². The zero-order chi connectivity index (χ0) is 14.8. The maximum Gasteiger partial charge on any atom is 0.175 e. The number of benzene rings is 2. The Morgan fingerprint density at radius 2 is 1.81 bits per heavy atom. The summed E-state index contributed by atoms with van der Waals surface area (Å²) in [6.07, 6.45) is 0.0323. The van der Waals surface area contributed by atoms with Gasteiger partial charge in [0, 0.05) is 0 Å². The van der Waals surface area contributed by atoms with Crippen LogP contribution in [0, 0.1) is 0 Å². The van der Waals surface area contributed by atoms with Gasteiger partial charge in [0.1, 0.15) is 17.4 Å². The second kappa shape index (κ2) is 5.48. The Morgan fingerprint density at radius 1 is 1.05 bits per heavy atom. The molecular formula is C17H16O4. The molecule has 0 spiro atoms. The number of carbonyl (C=O) groups is 1. The van der Waals surface area contributed by atoms with E-state index in [0.717, 1.165) is 5.56 Å². The lowest BCUT2D eigenvalue weighted by atomic mass is 9.95. The molecule has 0 amide bonds. The van der Waals surface area contributed by atoms with Crippen LogP contribution in [0.2, 0.25) is 0 Å². The van der Waals surface area contributed by atoms with Crippen LogP contribution in [-0.2, 0) is 0 Å². The summed E-state index contributed by atoms with van der Waals surface area (Å²) < 4.78 is 16.5. The van der Waals surface area contributed by atoms with Gasteiger partial charge in [0.05, 0.1) is 20.6 Å². The lowest BCUT2D eigenvalue weighted by Gasteiger charge is -2.27. The molecule has 3 rings (SSSR count). The van der Waals surface area contributed by atoms with Crippen LogP contribution in [-0.4, -0.2) is 20.0 Å². The van der Waals surface area contributed by atoms with E-state index in [-0.39, 0.29) is 11.9 Å². The summed E-state index contributed by atoms with van der Waals surface area (Å²) in [4.78, 5) is 12.5. The molecule has 1 unspecified atom stereocenters. The summed E-state index contributed by atoms with van der Waals surface area (Å²) in [7, 11) is 3.07. The van der Waals surface area contributed by atoms with Crippen LogP contribution in [0.5, 0.6) is 17.2 Å². The number of carbonyl (C=O) groups excluding carboxylic acids is 1. The molecule has 0 fully saturated rings. The van der Waals surface area contributed by atoms with E-state index in [0.29, 0.717) is 29.2 Å². The fourth-order valence-corrected chi connectivity index (χ4v) is 2.59. The number of methoxy groups -OCH3 is 2. The number of fused-ring (bicyclic) bond motifs is 1. The molecule has 1 aliphatic heterocycles. The summed E-state index contributed by atoms with van der Waals surface area (Å²) in [5.74, 6) is 1.51. The van der Waals surface area contributed by atoms with Crippen molar-refractivity contribution >= 4 is 5.78 Å². The summed E-state index contributed by atoms with van der Waals surface area (Å²) in [6, 6.07) is 13.2. The second-order valence-corrected chi connectivity index (χ2v) is 4.82. The molecule has 4 heteroatoms. The van der Waals surface area contributed by atoms with Gasteiger partial charge in [-0.15, -0.1) is 0 Å². The van der Waals surface area contributed by atoms with Gasteiger partial charge >= 0.3 is 0 Å². The smallest absolute Gasteiger partial charge is 0.175 e. The van der Waals surface area contributed by atoms with Gasteiger partial charge in [-0.3, -0.25) is 4.79 Å². The summed E-state index contributed by atoms with van der Waals surface area (Å²) in [5, 5.41) is 0. The minimum Gasteiger partial charge on any atom is -0.493 e. The SMILES string of the molecule is COc1ccc2c(c1OC)C(=O)CC(c1ccccc1)O2. The number of hydrogen-bond donors (Lipinski definition) is 0. The highest BCUT2D eigenvalue weighted by atomic mass is 16.5. The molecular weight excluding hydrogens is 268 g/mol. The van der Waals surface area contributed by atoms with Gasteiger partial charge in [0.15, 0.2) is 17.3 Å². The molecule has 0 N–H and O–H groups in total. The fourth-order valence-electron chi connectivity index (χ4n) is 2.59. The molecule has 108 valence electrons. The third-order valence-corrected chi connectivity index (χ3v) is 3.60. The zero-order valence-corrected chi connectivity index (χ0v) is 12.0. The number of ketones is 1. The van der Waals surface area contributed by atoms with Crippen molar-refractivity contribution in [1.82, 2.24) is 0 Å². The predicted molar refractivity (Wildman–Crippen MR) is 78.3 cm³/mol. The average molecular weight is 284 g/mol. The first-order valence-corrected chi connectivity index (χ1v) is 6.74.